The maximum Gasteiger partial charge on any atom is 0.168 e. The van der Waals surface area contributed by atoms with Crippen molar-refractivity contribution in [3.63, 3.8) is 0 Å². The largest absolute Gasteiger partial charge is 0.494 e. The number of piperazine rings is 3. The number of nitrogens with one attached hydrogen (secondary N) is 1. The summed E-state index contributed by atoms with van der Waals surface area (Å²) in [5.41, 5.74) is 3.54. The molecule has 6 heteroatoms. The molecule has 2 unspecified atom stereocenters. The van der Waals surface area contributed by atoms with Crippen molar-refractivity contribution >= 4 is 0 Å². The molecule has 3 aliphatic rings. The Morgan fingerprint density at radius 3 is 2.71 bits per heavy atom. The summed E-state index contributed by atoms with van der Waals surface area (Å²) in [6, 6.07) is 5.64. The molecule has 0 aliphatic carbocycles. The lowest BCUT2D eigenvalue weighted by Gasteiger charge is -2.50. The highest BCUT2D eigenvalue weighted by Crippen LogP contribution is 2.24. The van der Waals surface area contributed by atoms with E-state index in [9.17, 15) is 4.39 Å². The summed E-state index contributed by atoms with van der Waals surface area (Å²) in [6.07, 6.45) is 0.564. The Bertz CT molecular complexity index is 491. The SMILES string of the molecule is COc1cccc(CC(NN)C2CN3CCN2CC3)c1F. The predicted octanol–water partition coefficient (Wildman–Crippen LogP) is 0.209. The Morgan fingerprint density at radius 2 is 2.14 bits per heavy atom. The number of benzene rings is 1. The zero-order chi connectivity index (χ0) is 14.8. The minimum atomic E-state index is -0.281. The van der Waals surface area contributed by atoms with Crippen molar-refractivity contribution in [2.45, 2.75) is 18.5 Å². The Morgan fingerprint density at radius 1 is 1.38 bits per heavy atom. The zero-order valence-corrected chi connectivity index (χ0v) is 12.4. The van der Waals surface area contributed by atoms with Gasteiger partial charge in [0.25, 0.3) is 0 Å². The van der Waals surface area contributed by atoms with Crippen LogP contribution >= 0.6 is 0 Å². The molecule has 3 aliphatic heterocycles. The Balaban J connectivity index is 1.76. The van der Waals surface area contributed by atoms with Crippen LogP contribution in [0.5, 0.6) is 5.75 Å². The highest BCUT2D eigenvalue weighted by atomic mass is 19.1. The van der Waals surface area contributed by atoms with E-state index in [1.54, 1.807) is 12.1 Å². The summed E-state index contributed by atoms with van der Waals surface area (Å²) < 4.78 is 19.4. The molecule has 0 saturated carbocycles. The van der Waals surface area contributed by atoms with Gasteiger partial charge in [-0.2, -0.15) is 0 Å². The number of rotatable bonds is 5. The van der Waals surface area contributed by atoms with Crippen molar-refractivity contribution in [1.29, 1.82) is 0 Å². The van der Waals surface area contributed by atoms with Crippen LogP contribution in [0.3, 0.4) is 0 Å². The van der Waals surface area contributed by atoms with Gasteiger partial charge < -0.3 is 4.74 Å². The molecule has 0 radical (unpaired) electrons. The molecule has 3 fully saturated rings. The van der Waals surface area contributed by atoms with Gasteiger partial charge in [0, 0.05) is 44.8 Å². The molecular weight excluding hydrogens is 271 g/mol. The fourth-order valence-electron chi connectivity index (χ4n) is 3.45. The van der Waals surface area contributed by atoms with Gasteiger partial charge in [-0.3, -0.25) is 21.1 Å². The highest BCUT2D eigenvalue weighted by Gasteiger charge is 2.36. The van der Waals surface area contributed by atoms with Gasteiger partial charge >= 0.3 is 0 Å². The number of methoxy groups -OCH3 is 1. The van der Waals surface area contributed by atoms with Crippen LogP contribution in [0.15, 0.2) is 18.2 Å². The van der Waals surface area contributed by atoms with Crippen LogP contribution in [0.25, 0.3) is 0 Å². The Labute approximate surface area is 124 Å². The third-order valence-electron chi connectivity index (χ3n) is 4.70. The molecule has 116 valence electrons. The molecule has 2 bridgehead atoms. The molecule has 3 N–H and O–H groups in total. The van der Waals surface area contributed by atoms with Gasteiger partial charge in [-0.05, 0) is 18.1 Å². The third kappa shape index (κ3) is 2.89. The predicted molar refractivity (Wildman–Crippen MR) is 79.6 cm³/mol. The molecule has 0 spiro atoms. The smallest absolute Gasteiger partial charge is 0.168 e. The molecule has 21 heavy (non-hydrogen) atoms. The van der Waals surface area contributed by atoms with E-state index in [4.69, 9.17) is 10.6 Å². The van der Waals surface area contributed by atoms with E-state index in [1.165, 1.54) is 7.11 Å². The van der Waals surface area contributed by atoms with Crippen LogP contribution in [0.2, 0.25) is 0 Å². The normalized spacial score (nSPS) is 29.4. The molecule has 0 amide bonds. The number of halogens is 1. The number of ether oxygens (including phenoxy) is 1. The van der Waals surface area contributed by atoms with Crippen LogP contribution in [0.4, 0.5) is 4.39 Å². The third-order valence-corrected chi connectivity index (χ3v) is 4.70. The average molecular weight is 294 g/mol. The van der Waals surface area contributed by atoms with Crippen molar-refractivity contribution < 1.29 is 9.13 Å². The summed E-state index contributed by atoms with van der Waals surface area (Å²) in [7, 11) is 1.49. The number of hydrogen-bond donors (Lipinski definition) is 2. The van der Waals surface area contributed by atoms with E-state index >= 15 is 0 Å². The first-order valence-electron chi connectivity index (χ1n) is 7.47. The van der Waals surface area contributed by atoms with Gasteiger partial charge in [0.2, 0.25) is 0 Å². The van der Waals surface area contributed by atoms with Crippen molar-refractivity contribution in [2.24, 2.45) is 5.84 Å². The van der Waals surface area contributed by atoms with Crippen molar-refractivity contribution in [2.75, 3.05) is 39.8 Å². The quantitative estimate of drug-likeness (QED) is 0.600. The number of hydrogen-bond acceptors (Lipinski definition) is 5. The molecule has 3 saturated heterocycles. The summed E-state index contributed by atoms with van der Waals surface area (Å²) in [6.45, 7) is 5.40. The fraction of sp³-hybridized carbons (Fsp3) is 0.600. The maximum atomic E-state index is 14.3. The van der Waals surface area contributed by atoms with Crippen LogP contribution in [-0.2, 0) is 6.42 Å². The number of nitrogens with zero attached hydrogens (tertiary/aromatic N) is 2. The van der Waals surface area contributed by atoms with E-state index in [-0.39, 0.29) is 17.6 Å². The maximum absolute atomic E-state index is 14.3. The van der Waals surface area contributed by atoms with E-state index in [2.05, 4.69) is 15.2 Å². The number of nitrogens with two attached hydrogens (primary N) is 1. The van der Waals surface area contributed by atoms with Crippen molar-refractivity contribution in [3.8, 4) is 5.75 Å². The van der Waals surface area contributed by atoms with Gasteiger partial charge in [-0.25, -0.2) is 4.39 Å². The zero-order valence-electron chi connectivity index (χ0n) is 12.4. The minimum absolute atomic E-state index is 0.0368. The molecule has 0 aromatic heterocycles. The summed E-state index contributed by atoms with van der Waals surface area (Å²) in [5, 5.41) is 0. The van der Waals surface area contributed by atoms with Gasteiger partial charge in [0.15, 0.2) is 11.6 Å². The molecule has 2 atom stereocenters. The van der Waals surface area contributed by atoms with Gasteiger partial charge in [0.05, 0.1) is 7.11 Å². The van der Waals surface area contributed by atoms with E-state index in [1.807, 2.05) is 6.07 Å². The molecule has 5 nitrogen and oxygen atoms in total. The molecule has 3 heterocycles. The van der Waals surface area contributed by atoms with Gasteiger partial charge in [-0.15, -0.1) is 0 Å². The minimum Gasteiger partial charge on any atom is -0.494 e. The average Bonchev–Trinajstić information content (AvgIpc) is 2.55. The van der Waals surface area contributed by atoms with Crippen LogP contribution in [0, 0.1) is 5.82 Å². The lowest BCUT2D eigenvalue weighted by atomic mass is 9.94. The van der Waals surface area contributed by atoms with Gasteiger partial charge in [-0.1, -0.05) is 12.1 Å². The lowest BCUT2D eigenvalue weighted by molar-refractivity contribution is -0.00326. The first kappa shape index (κ1) is 14.7. The first-order chi connectivity index (χ1) is 10.2. The second-order valence-electron chi connectivity index (χ2n) is 5.81. The Kier molecular flexibility index (Phi) is 4.40. The Hall–Kier alpha value is -1.21. The van der Waals surface area contributed by atoms with Crippen molar-refractivity contribution in [3.05, 3.63) is 29.6 Å². The fourth-order valence-corrected chi connectivity index (χ4v) is 3.45. The lowest BCUT2D eigenvalue weighted by Crippen LogP contribution is -2.67. The molecule has 1 aromatic carbocycles. The first-order valence-corrected chi connectivity index (χ1v) is 7.47. The summed E-state index contributed by atoms with van der Waals surface area (Å²) >= 11 is 0. The van der Waals surface area contributed by atoms with Gasteiger partial charge in [0.1, 0.15) is 0 Å². The van der Waals surface area contributed by atoms with Crippen LogP contribution < -0.4 is 16.0 Å². The molecule has 1 aromatic rings. The molecule has 4 rings (SSSR count). The second-order valence-corrected chi connectivity index (χ2v) is 5.81. The topological polar surface area (TPSA) is 53.8 Å². The highest BCUT2D eigenvalue weighted by molar-refractivity contribution is 5.31. The summed E-state index contributed by atoms with van der Waals surface area (Å²) in [5.74, 6) is 5.76. The van der Waals surface area contributed by atoms with E-state index in [0.29, 0.717) is 18.0 Å². The monoisotopic (exact) mass is 294 g/mol. The number of fused-ring (bicyclic) bond motifs is 3. The molecular formula is C15H23FN4O. The summed E-state index contributed by atoms with van der Waals surface area (Å²) in [4.78, 5) is 4.92. The van der Waals surface area contributed by atoms with Crippen LogP contribution in [0.1, 0.15) is 5.56 Å². The van der Waals surface area contributed by atoms with E-state index < -0.39 is 0 Å². The van der Waals surface area contributed by atoms with Crippen molar-refractivity contribution in [1.82, 2.24) is 15.2 Å². The standard InChI is InChI=1S/C15H23FN4O/c1-21-14-4-2-3-11(15(14)16)9-12(18-17)13-10-19-5-7-20(13)8-6-19/h2-4,12-13,18H,5-10,17H2,1H3. The van der Waals surface area contributed by atoms with E-state index in [0.717, 1.165) is 32.7 Å². The second kappa shape index (κ2) is 6.27. The van der Waals surface area contributed by atoms with Crippen LogP contribution in [-0.4, -0.2) is 61.7 Å². The number of hydrazine groups is 1.